The lowest BCUT2D eigenvalue weighted by Gasteiger charge is -2.45. The third kappa shape index (κ3) is 3.18. The SMILES string of the molecule is CCn1ccc(CN2CCC3(CC2)OCCc2cc(OC)ccc23)n1. The summed E-state index contributed by atoms with van der Waals surface area (Å²) in [4.78, 5) is 2.49. The van der Waals surface area contributed by atoms with Crippen LogP contribution in [0.25, 0.3) is 0 Å². The zero-order chi connectivity index (χ0) is 17.3. The van der Waals surface area contributed by atoms with Gasteiger partial charge in [0.25, 0.3) is 0 Å². The number of fused-ring (bicyclic) bond motifs is 2. The van der Waals surface area contributed by atoms with Crippen molar-refractivity contribution >= 4 is 0 Å². The number of nitrogens with zero attached hydrogens (tertiary/aromatic N) is 3. The van der Waals surface area contributed by atoms with E-state index in [0.29, 0.717) is 0 Å². The first-order chi connectivity index (χ1) is 12.2. The molecule has 5 heteroatoms. The number of likely N-dealkylation sites (tertiary alicyclic amines) is 1. The van der Waals surface area contributed by atoms with E-state index in [1.54, 1.807) is 7.11 Å². The molecule has 1 saturated heterocycles. The van der Waals surface area contributed by atoms with E-state index in [1.165, 1.54) is 11.1 Å². The number of aryl methyl sites for hydroxylation is 1. The minimum absolute atomic E-state index is 0.112. The molecule has 2 aromatic rings. The van der Waals surface area contributed by atoms with Crippen molar-refractivity contribution in [3.05, 3.63) is 47.3 Å². The van der Waals surface area contributed by atoms with Crippen molar-refractivity contribution in [1.82, 2.24) is 14.7 Å². The van der Waals surface area contributed by atoms with E-state index in [9.17, 15) is 0 Å². The zero-order valence-electron chi connectivity index (χ0n) is 15.2. The van der Waals surface area contributed by atoms with Gasteiger partial charge < -0.3 is 9.47 Å². The number of aromatic nitrogens is 2. The van der Waals surface area contributed by atoms with E-state index in [-0.39, 0.29) is 5.60 Å². The number of piperidine rings is 1. The highest BCUT2D eigenvalue weighted by molar-refractivity contribution is 5.41. The van der Waals surface area contributed by atoms with Crippen molar-refractivity contribution in [2.24, 2.45) is 0 Å². The predicted octanol–water partition coefficient (Wildman–Crippen LogP) is 2.98. The van der Waals surface area contributed by atoms with Gasteiger partial charge in [-0.1, -0.05) is 6.07 Å². The first kappa shape index (κ1) is 16.6. The molecule has 1 aromatic carbocycles. The van der Waals surface area contributed by atoms with E-state index in [2.05, 4.69) is 47.4 Å². The first-order valence-electron chi connectivity index (χ1n) is 9.28. The number of hydrogen-bond acceptors (Lipinski definition) is 4. The number of ether oxygens (including phenoxy) is 2. The number of benzene rings is 1. The summed E-state index contributed by atoms with van der Waals surface area (Å²) in [5.74, 6) is 0.944. The Morgan fingerprint density at radius 1 is 1.24 bits per heavy atom. The lowest BCUT2D eigenvalue weighted by Crippen LogP contribution is -2.46. The molecule has 2 aliphatic heterocycles. The van der Waals surface area contributed by atoms with Crippen LogP contribution >= 0.6 is 0 Å². The molecular formula is C20H27N3O2. The molecule has 1 fully saturated rings. The highest BCUT2D eigenvalue weighted by atomic mass is 16.5. The second-order valence-corrected chi connectivity index (χ2v) is 7.05. The molecule has 1 spiro atoms. The summed E-state index contributed by atoms with van der Waals surface area (Å²) in [6.45, 7) is 6.88. The van der Waals surface area contributed by atoms with Gasteiger partial charge in [0.1, 0.15) is 5.75 Å². The Bertz CT molecular complexity index is 732. The van der Waals surface area contributed by atoms with Gasteiger partial charge in [0.05, 0.1) is 25.0 Å². The van der Waals surface area contributed by atoms with Gasteiger partial charge in [-0.3, -0.25) is 9.58 Å². The van der Waals surface area contributed by atoms with Crippen molar-refractivity contribution in [1.29, 1.82) is 0 Å². The topological polar surface area (TPSA) is 39.5 Å². The quantitative estimate of drug-likeness (QED) is 0.857. The van der Waals surface area contributed by atoms with Crippen LogP contribution in [0, 0.1) is 0 Å². The molecule has 134 valence electrons. The van der Waals surface area contributed by atoms with Gasteiger partial charge in [-0.25, -0.2) is 0 Å². The second-order valence-electron chi connectivity index (χ2n) is 7.05. The molecule has 0 saturated carbocycles. The fourth-order valence-corrected chi connectivity index (χ4v) is 4.16. The average Bonchev–Trinajstić information content (AvgIpc) is 3.11. The molecule has 25 heavy (non-hydrogen) atoms. The van der Waals surface area contributed by atoms with Gasteiger partial charge in [-0.15, -0.1) is 0 Å². The van der Waals surface area contributed by atoms with Crippen molar-refractivity contribution in [2.45, 2.75) is 44.9 Å². The maximum absolute atomic E-state index is 6.34. The highest BCUT2D eigenvalue weighted by Gasteiger charge is 2.40. The maximum Gasteiger partial charge on any atom is 0.119 e. The molecule has 0 aliphatic carbocycles. The Morgan fingerprint density at radius 3 is 2.80 bits per heavy atom. The second kappa shape index (κ2) is 6.81. The molecule has 3 heterocycles. The molecule has 0 amide bonds. The van der Waals surface area contributed by atoms with Gasteiger partial charge in [0.15, 0.2) is 0 Å². The third-order valence-corrected chi connectivity index (χ3v) is 5.62. The van der Waals surface area contributed by atoms with Gasteiger partial charge in [0, 0.05) is 32.4 Å². The molecule has 0 N–H and O–H groups in total. The Morgan fingerprint density at radius 2 is 2.08 bits per heavy atom. The Labute approximate surface area is 149 Å². The van der Waals surface area contributed by atoms with Gasteiger partial charge >= 0.3 is 0 Å². The molecule has 0 bridgehead atoms. The van der Waals surface area contributed by atoms with Crippen LogP contribution in [0.3, 0.4) is 0 Å². The largest absolute Gasteiger partial charge is 0.497 e. The lowest BCUT2D eigenvalue weighted by molar-refractivity contribution is -0.0990. The molecule has 5 nitrogen and oxygen atoms in total. The summed E-state index contributed by atoms with van der Waals surface area (Å²) in [6.07, 6.45) is 5.13. The van der Waals surface area contributed by atoms with Crippen molar-refractivity contribution in [2.75, 3.05) is 26.8 Å². The first-order valence-corrected chi connectivity index (χ1v) is 9.28. The number of methoxy groups -OCH3 is 1. The summed E-state index contributed by atoms with van der Waals surface area (Å²) in [7, 11) is 1.73. The van der Waals surface area contributed by atoms with Gasteiger partial charge in [-0.2, -0.15) is 5.10 Å². The van der Waals surface area contributed by atoms with Crippen LogP contribution in [0.4, 0.5) is 0 Å². The van der Waals surface area contributed by atoms with Crippen molar-refractivity contribution < 1.29 is 9.47 Å². The van der Waals surface area contributed by atoms with Crippen LogP contribution in [-0.2, 0) is 29.8 Å². The minimum Gasteiger partial charge on any atom is -0.497 e. The van der Waals surface area contributed by atoms with E-state index in [1.807, 2.05) is 4.68 Å². The van der Waals surface area contributed by atoms with E-state index >= 15 is 0 Å². The van der Waals surface area contributed by atoms with Crippen molar-refractivity contribution in [3.63, 3.8) is 0 Å². The Balaban J connectivity index is 1.46. The van der Waals surface area contributed by atoms with Crippen molar-refractivity contribution in [3.8, 4) is 5.75 Å². The normalized spacial score (nSPS) is 19.8. The lowest BCUT2D eigenvalue weighted by atomic mass is 9.79. The van der Waals surface area contributed by atoms with Crippen LogP contribution in [0.5, 0.6) is 5.75 Å². The minimum atomic E-state index is -0.112. The smallest absolute Gasteiger partial charge is 0.119 e. The summed E-state index contributed by atoms with van der Waals surface area (Å²) >= 11 is 0. The van der Waals surface area contributed by atoms with Crippen LogP contribution in [-0.4, -0.2) is 41.5 Å². The summed E-state index contributed by atoms with van der Waals surface area (Å²) in [5, 5.41) is 4.61. The fourth-order valence-electron chi connectivity index (χ4n) is 4.16. The van der Waals surface area contributed by atoms with E-state index in [0.717, 1.165) is 63.5 Å². The summed E-state index contributed by atoms with van der Waals surface area (Å²) < 4.78 is 13.7. The van der Waals surface area contributed by atoms with Crippen LogP contribution < -0.4 is 4.74 Å². The maximum atomic E-state index is 6.34. The summed E-state index contributed by atoms with van der Waals surface area (Å²) in [5.41, 5.74) is 3.81. The standard InChI is InChI=1S/C20H27N3O2/c1-3-23-10-6-17(21-23)15-22-11-8-20(9-12-22)19-5-4-18(24-2)14-16(19)7-13-25-20/h4-6,10,14H,3,7-9,11-13,15H2,1-2H3. The van der Waals surface area contributed by atoms with E-state index < -0.39 is 0 Å². The molecule has 4 rings (SSSR count). The zero-order valence-corrected chi connectivity index (χ0v) is 15.2. The Kier molecular flexibility index (Phi) is 4.52. The van der Waals surface area contributed by atoms with Crippen LogP contribution in [0.15, 0.2) is 30.5 Å². The predicted molar refractivity (Wildman–Crippen MR) is 96.7 cm³/mol. The molecular weight excluding hydrogens is 314 g/mol. The van der Waals surface area contributed by atoms with E-state index in [4.69, 9.17) is 9.47 Å². The van der Waals surface area contributed by atoms with Gasteiger partial charge in [-0.05, 0) is 55.5 Å². The summed E-state index contributed by atoms with van der Waals surface area (Å²) in [6, 6.07) is 8.60. The highest BCUT2D eigenvalue weighted by Crippen LogP contribution is 2.42. The average molecular weight is 341 g/mol. The molecule has 2 aliphatic rings. The Hall–Kier alpha value is -1.85. The number of rotatable bonds is 4. The number of hydrogen-bond donors (Lipinski definition) is 0. The molecule has 1 aromatic heterocycles. The van der Waals surface area contributed by atoms with Crippen LogP contribution in [0.1, 0.15) is 36.6 Å². The van der Waals surface area contributed by atoms with Crippen LogP contribution in [0.2, 0.25) is 0 Å². The third-order valence-electron chi connectivity index (χ3n) is 5.62. The fraction of sp³-hybridized carbons (Fsp3) is 0.550. The monoisotopic (exact) mass is 341 g/mol. The van der Waals surface area contributed by atoms with Gasteiger partial charge in [0.2, 0.25) is 0 Å². The molecule has 0 unspecified atom stereocenters. The molecule has 0 atom stereocenters. The molecule has 0 radical (unpaired) electrons.